The molecule has 0 amide bonds. The molecule has 4 nitrogen and oxygen atoms in total. The molecular weight excluding hydrogens is 238 g/mol. The van der Waals surface area contributed by atoms with Crippen molar-refractivity contribution in [1.82, 2.24) is 14.9 Å². The van der Waals surface area contributed by atoms with E-state index in [1.807, 2.05) is 36.4 Å². The molecule has 3 aromatic rings. The van der Waals surface area contributed by atoms with Crippen molar-refractivity contribution in [2.45, 2.75) is 19.5 Å². The number of para-hydroxylation sites is 2. The standard InChI is InChI=1S/C15H17N3O/c1-11(14-8-5-9-19-14)18(2)10-15-16-12-6-3-4-7-13(12)17-15/h3-9,11H,10H2,1-2H3,(H,16,17)/t11-/m0/s1. The molecule has 0 aliphatic heterocycles. The van der Waals surface area contributed by atoms with Gasteiger partial charge in [0.25, 0.3) is 0 Å². The van der Waals surface area contributed by atoms with Crippen molar-refractivity contribution < 1.29 is 4.42 Å². The number of fused-ring (bicyclic) bond motifs is 1. The molecule has 0 aliphatic rings. The highest BCUT2D eigenvalue weighted by Crippen LogP contribution is 2.21. The molecule has 1 N–H and O–H groups in total. The lowest BCUT2D eigenvalue weighted by molar-refractivity contribution is 0.219. The maximum atomic E-state index is 5.44. The van der Waals surface area contributed by atoms with E-state index in [2.05, 4.69) is 28.8 Å². The van der Waals surface area contributed by atoms with E-state index in [1.165, 1.54) is 0 Å². The van der Waals surface area contributed by atoms with Gasteiger partial charge >= 0.3 is 0 Å². The zero-order valence-corrected chi connectivity index (χ0v) is 11.1. The first kappa shape index (κ1) is 12.0. The zero-order chi connectivity index (χ0) is 13.2. The Balaban J connectivity index is 1.77. The number of benzene rings is 1. The summed E-state index contributed by atoms with van der Waals surface area (Å²) in [6.45, 7) is 2.89. The molecule has 0 unspecified atom stereocenters. The van der Waals surface area contributed by atoms with E-state index in [9.17, 15) is 0 Å². The second-order valence-corrected chi connectivity index (χ2v) is 4.81. The largest absolute Gasteiger partial charge is 0.468 e. The van der Waals surface area contributed by atoms with Crippen LogP contribution in [0.4, 0.5) is 0 Å². The lowest BCUT2D eigenvalue weighted by atomic mass is 10.2. The molecule has 0 saturated heterocycles. The van der Waals surface area contributed by atoms with Gasteiger partial charge in [0.2, 0.25) is 0 Å². The van der Waals surface area contributed by atoms with Gasteiger partial charge in [-0.3, -0.25) is 4.90 Å². The SMILES string of the molecule is C[C@@H](c1ccco1)N(C)Cc1nc2ccccc2[nH]1. The lowest BCUT2D eigenvalue weighted by Gasteiger charge is -2.21. The van der Waals surface area contributed by atoms with Crippen molar-refractivity contribution in [3.05, 3.63) is 54.2 Å². The summed E-state index contributed by atoms with van der Waals surface area (Å²) in [5.74, 6) is 1.95. The molecule has 2 aromatic heterocycles. The third-order valence-electron chi connectivity index (χ3n) is 3.45. The number of hydrogen-bond acceptors (Lipinski definition) is 3. The first-order valence-electron chi connectivity index (χ1n) is 6.41. The van der Waals surface area contributed by atoms with Crippen LogP contribution in [0, 0.1) is 0 Å². The van der Waals surface area contributed by atoms with Crippen LogP contribution >= 0.6 is 0 Å². The molecule has 98 valence electrons. The van der Waals surface area contributed by atoms with Crippen LogP contribution in [0.5, 0.6) is 0 Å². The number of aromatic amines is 1. The maximum Gasteiger partial charge on any atom is 0.121 e. The second kappa shape index (κ2) is 4.90. The van der Waals surface area contributed by atoms with Crippen LogP contribution in [0.2, 0.25) is 0 Å². The number of rotatable bonds is 4. The molecular formula is C15H17N3O. The van der Waals surface area contributed by atoms with Crippen molar-refractivity contribution in [2.24, 2.45) is 0 Å². The molecule has 0 bridgehead atoms. The molecule has 4 heteroatoms. The van der Waals surface area contributed by atoms with Crippen LogP contribution in [0.1, 0.15) is 24.6 Å². The monoisotopic (exact) mass is 255 g/mol. The molecule has 0 saturated carbocycles. The summed E-state index contributed by atoms with van der Waals surface area (Å²) in [6, 6.07) is 12.2. The van der Waals surface area contributed by atoms with E-state index in [0.717, 1.165) is 29.2 Å². The highest BCUT2D eigenvalue weighted by atomic mass is 16.3. The van der Waals surface area contributed by atoms with Gasteiger partial charge in [-0.2, -0.15) is 0 Å². The lowest BCUT2D eigenvalue weighted by Crippen LogP contribution is -2.22. The predicted octanol–water partition coefficient (Wildman–Crippen LogP) is 3.35. The minimum Gasteiger partial charge on any atom is -0.468 e. The molecule has 1 atom stereocenters. The van der Waals surface area contributed by atoms with Crippen LogP contribution in [0.25, 0.3) is 11.0 Å². The maximum absolute atomic E-state index is 5.44. The van der Waals surface area contributed by atoms with Gasteiger partial charge < -0.3 is 9.40 Å². The van der Waals surface area contributed by atoms with E-state index >= 15 is 0 Å². The Morgan fingerprint density at radius 1 is 1.26 bits per heavy atom. The minimum atomic E-state index is 0.225. The number of H-pyrrole nitrogens is 1. The summed E-state index contributed by atoms with van der Waals surface area (Å²) in [7, 11) is 2.07. The Morgan fingerprint density at radius 2 is 2.11 bits per heavy atom. The third kappa shape index (κ3) is 2.39. The number of imidazole rings is 1. The number of nitrogens with zero attached hydrogens (tertiary/aromatic N) is 2. The fourth-order valence-electron chi connectivity index (χ4n) is 2.20. The fourth-order valence-corrected chi connectivity index (χ4v) is 2.20. The molecule has 1 aromatic carbocycles. The fraction of sp³-hybridized carbons (Fsp3) is 0.267. The average Bonchev–Trinajstić information content (AvgIpc) is 3.06. The van der Waals surface area contributed by atoms with E-state index < -0.39 is 0 Å². The predicted molar refractivity (Wildman–Crippen MR) is 74.7 cm³/mol. The van der Waals surface area contributed by atoms with Crippen molar-refractivity contribution in [1.29, 1.82) is 0 Å². The summed E-state index contributed by atoms with van der Waals surface area (Å²) in [5.41, 5.74) is 2.09. The van der Waals surface area contributed by atoms with Crippen LogP contribution in [0.15, 0.2) is 47.1 Å². The second-order valence-electron chi connectivity index (χ2n) is 4.81. The summed E-state index contributed by atoms with van der Waals surface area (Å²) in [5, 5.41) is 0. The molecule has 3 rings (SSSR count). The summed E-state index contributed by atoms with van der Waals surface area (Å²) >= 11 is 0. The van der Waals surface area contributed by atoms with Crippen LogP contribution < -0.4 is 0 Å². The van der Waals surface area contributed by atoms with Gasteiger partial charge in [-0.05, 0) is 38.2 Å². The van der Waals surface area contributed by atoms with Crippen LogP contribution in [0.3, 0.4) is 0 Å². The third-order valence-corrected chi connectivity index (χ3v) is 3.45. The molecule has 2 heterocycles. The summed E-state index contributed by atoms with van der Waals surface area (Å²) in [6.07, 6.45) is 1.71. The topological polar surface area (TPSA) is 45.1 Å². The Labute approximate surface area is 112 Å². The van der Waals surface area contributed by atoms with Crippen molar-refractivity contribution >= 4 is 11.0 Å². The van der Waals surface area contributed by atoms with Crippen molar-refractivity contribution in [2.75, 3.05) is 7.05 Å². The van der Waals surface area contributed by atoms with Gasteiger partial charge in [-0.25, -0.2) is 4.98 Å². The Hall–Kier alpha value is -2.07. The van der Waals surface area contributed by atoms with Gasteiger partial charge in [0.05, 0.1) is 29.9 Å². The molecule has 0 aliphatic carbocycles. The highest BCUT2D eigenvalue weighted by Gasteiger charge is 2.15. The summed E-state index contributed by atoms with van der Waals surface area (Å²) in [4.78, 5) is 10.1. The van der Waals surface area contributed by atoms with Crippen LogP contribution in [-0.4, -0.2) is 21.9 Å². The van der Waals surface area contributed by atoms with Crippen molar-refractivity contribution in [3.63, 3.8) is 0 Å². The molecule has 19 heavy (non-hydrogen) atoms. The Morgan fingerprint density at radius 3 is 2.84 bits per heavy atom. The van der Waals surface area contributed by atoms with E-state index in [0.29, 0.717) is 0 Å². The van der Waals surface area contributed by atoms with Gasteiger partial charge in [0, 0.05) is 0 Å². The molecule has 0 spiro atoms. The smallest absolute Gasteiger partial charge is 0.121 e. The Kier molecular flexibility index (Phi) is 3.09. The number of hydrogen-bond donors (Lipinski definition) is 1. The zero-order valence-electron chi connectivity index (χ0n) is 11.1. The first-order valence-corrected chi connectivity index (χ1v) is 6.41. The van der Waals surface area contributed by atoms with Gasteiger partial charge in [0.1, 0.15) is 11.6 Å². The first-order chi connectivity index (χ1) is 9.24. The van der Waals surface area contributed by atoms with E-state index in [-0.39, 0.29) is 6.04 Å². The Bertz CT molecular complexity index is 624. The van der Waals surface area contributed by atoms with Gasteiger partial charge in [-0.15, -0.1) is 0 Å². The quantitative estimate of drug-likeness (QED) is 0.777. The minimum absolute atomic E-state index is 0.225. The highest BCUT2D eigenvalue weighted by molar-refractivity contribution is 5.74. The van der Waals surface area contributed by atoms with Gasteiger partial charge in [0.15, 0.2) is 0 Å². The molecule has 0 fully saturated rings. The van der Waals surface area contributed by atoms with Crippen molar-refractivity contribution in [3.8, 4) is 0 Å². The number of furan rings is 1. The number of nitrogens with one attached hydrogen (secondary N) is 1. The van der Waals surface area contributed by atoms with Crippen LogP contribution in [-0.2, 0) is 6.54 Å². The summed E-state index contributed by atoms with van der Waals surface area (Å²) < 4.78 is 5.44. The van der Waals surface area contributed by atoms with Gasteiger partial charge in [-0.1, -0.05) is 12.1 Å². The number of aromatic nitrogens is 2. The average molecular weight is 255 g/mol. The van der Waals surface area contributed by atoms with E-state index in [4.69, 9.17) is 4.42 Å². The molecule has 0 radical (unpaired) electrons. The van der Waals surface area contributed by atoms with E-state index in [1.54, 1.807) is 6.26 Å². The normalized spacial score (nSPS) is 13.2.